The number of nitrogens with zero attached hydrogens (tertiary/aromatic N) is 1. The van der Waals surface area contributed by atoms with Crippen LogP contribution >= 0.6 is 0 Å². The van der Waals surface area contributed by atoms with Gasteiger partial charge in [-0.1, -0.05) is 12.1 Å². The van der Waals surface area contributed by atoms with E-state index in [4.69, 9.17) is 4.74 Å². The molecule has 4 heteroatoms. The summed E-state index contributed by atoms with van der Waals surface area (Å²) in [6.07, 6.45) is 2.67. The van der Waals surface area contributed by atoms with Crippen molar-refractivity contribution in [1.29, 1.82) is 0 Å². The third-order valence-electron chi connectivity index (χ3n) is 4.16. The first-order valence-corrected chi connectivity index (χ1v) is 7.61. The maximum Gasteiger partial charge on any atom is 0.123 e. The maximum atomic E-state index is 13.4. The summed E-state index contributed by atoms with van der Waals surface area (Å²) in [5.74, 6) is 0.662. The molecule has 1 saturated carbocycles. The summed E-state index contributed by atoms with van der Waals surface area (Å²) in [5.41, 5.74) is 1.05. The summed E-state index contributed by atoms with van der Waals surface area (Å²) in [7, 11) is 0. The monoisotopic (exact) mass is 278 g/mol. The maximum absolute atomic E-state index is 13.4. The van der Waals surface area contributed by atoms with Crippen LogP contribution in [0.3, 0.4) is 0 Å². The third kappa shape index (κ3) is 3.78. The normalized spacial score (nSPS) is 23.9. The predicted molar refractivity (Wildman–Crippen MR) is 77.1 cm³/mol. The molecular formula is C16H23FN2O. The number of piperazine rings is 1. The molecule has 0 radical (unpaired) electrons. The first-order chi connectivity index (χ1) is 9.83. The molecule has 3 rings (SSSR count). The van der Waals surface area contributed by atoms with E-state index in [1.165, 1.54) is 18.9 Å². The lowest BCUT2D eigenvalue weighted by Crippen LogP contribution is -2.47. The topological polar surface area (TPSA) is 24.5 Å². The minimum Gasteiger partial charge on any atom is -0.380 e. The van der Waals surface area contributed by atoms with E-state index in [2.05, 4.69) is 10.2 Å². The Bertz CT molecular complexity index is 436. The Morgan fingerprint density at radius 2 is 2.25 bits per heavy atom. The number of benzene rings is 1. The van der Waals surface area contributed by atoms with Gasteiger partial charge in [0.15, 0.2) is 0 Å². The Kier molecular flexibility index (Phi) is 4.65. The predicted octanol–water partition coefficient (Wildman–Crippen LogP) is 2.20. The van der Waals surface area contributed by atoms with Crippen LogP contribution in [-0.2, 0) is 4.74 Å². The molecule has 1 unspecified atom stereocenters. The van der Waals surface area contributed by atoms with Gasteiger partial charge in [0.05, 0.1) is 6.61 Å². The minimum atomic E-state index is -0.155. The molecule has 1 aromatic rings. The first-order valence-electron chi connectivity index (χ1n) is 7.61. The number of ether oxygens (including phenoxy) is 1. The number of hydrogen-bond donors (Lipinski definition) is 1. The molecule has 0 spiro atoms. The molecule has 2 aliphatic rings. The fourth-order valence-electron chi connectivity index (χ4n) is 2.77. The van der Waals surface area contributed by atoms with Crippen molar-refractivity contribution in [2.45, 2.75) is 18.9 Å². The SMILES string of the molecule is Fc1cccc(C2CNCCN2CCOCC2CC2)c1. The van der Waals surface area contributed by atoms with Crippen LogP contribution in [0.4, 0.5) is 4.39 Å². The van der Waals surface area contributed by atoms with Gasteiger partial charge >= 0.3 is 0 Å². The van der Waals surface area contributed by atoms with Gasteiger partial charge in [0.25, 0.3) is 0 Å². The van der Waals surface area contributed by atoms with Crippen molar-refractivity contribution >= 4 is 0 Å². The highest BCUT2D eigenvalue weighted by molar-refractivity contribution is 5.21. The molecule has 20 heavy (non-hydrogen) atoms. The molecule has 0 amide bonds. The van der Waals surface area contributed by atoms with Crippen LogP contribution in [0.5, 0.6) is 0 Å². The van der Waals surface area contributed by atoms with Crippen molar-refractivity contribution in [3.05, 3.63) is 35.6 Å². The van der Waals surface area contributed by atoms with Crippen LogP contribution in [-0.4, -0.2) is 44.3 Å². The Morgan fingerprint density at radius 3 is 3.05 bits per heavy atom. The van der Waals surface area contributed by atoms with E-state index in [9.17, 15) is 4.39 Å². The average molecular weight is 278 g/mol. The largest absolute Gasteiger partial charge is 0.380 e. The summed E-state index contributed by atoms with van der Waals surface area (Å²) in [6.45, 7) is 5.49. The quantitative estimate of drug-likeness (QED) is 0.807. The lowest BCUT2D eigenvalue weighted by molar-refractivity contribution is 0.0715. The highest BCUT2D eigenvalue weighted by Gasteiger charge is 2.24. The molecule has 1 aliphatic heterocycles. The summed E-state index contributed by atoms with van der Waals surface area (Å²) < 4.78 is 19.1. The van der Waals surface area contributed by atoms with Crippen molar-refractivity contribution in [1.82, 2.24) is 10.2 Å². The molecule has 0 bridgehead atoms. The van der Waals surface area contributed by atoms with Crippen LogP contribution in [0.1, 0.15) is 24.4 Å². The molecule has 0 aromatic heterocycles. The van der Waals surface area contributed by atoms with E-state index in [0.717, 1.165) is 50.9 Å². The number of rotatable bonds is 6. The van der Waals surface area contributed by atoms with E-state index in [1.807, 2.05) is 6.07 Å². The summed E-state index contributed by atoms with van der Waals surface area (Å²) >= 11 is 0. The Labute approximate surface area is 120 Å². The summed E-state index contributed by atoms with van der Waals surface area (Å²) in [4.78, 5) is 2.40. The number of halogens is 1. The Morgan fingerprint density at radius 1 is 1.35 bits per heavy atom. The second-order valence-electron chi connectivity index (χ2n) is 5.83. The zero-order valence-corrected chi connectivity index (χ0v) is 11.9. The fraction of sp³-hybridized carbons (Fsp3) is 0.625. The first kappa shape index (κ1) is 14.0. The summed E-state index contributed by atoms with van der Waals surface area (Å²) in [6, 6.07) is 7.21. The standard InChI is InChI=1S/C16H23FN2O/c17-15-3-1-2-14(10-15)16-11-18-6-7-19(16)8-9-20-12-13-4-5-13/h1-3,10,13,16,18H,4-9,11-12H2. The van der Waals surface area contributed by atoms with Crippen LogP contribution in [0.15, 0.2) is 24.3 Å². The van der Waals surface area contributed by atoms with E-state index in [1.54, 1.807) is 12.1 Å². The smallest absolute Gasteiger partial charge is 0.123 e. The van der Waals surface area contributed by atoms with Crippen LogP contribution in [0, 0.1) is 11.7 Å². The van der Waals surface area contributed by atoms with E-state index in [0.29, 0.717) is 0 Å². The average Bonchev–Trinajstić information content (AvgIpc) is 3.28. The Hall–Kier alpha value is -0.970. The highest BCUT2D eigenvalue weighted by Crippen LogP contribution is 2.29. The highest BCUT2D eigenvalue weighted by atomic mass is 19.1. The van der Waals surface area contributed by atoms with E-state index < -0.39 is 0 Å². The van der Waals surface area contributed by atoms with Crippen LogP contribution < -0.4 is 5.32 Å². The van der Waals surface area contributed by atoms with Gasteiger partial charge in [0.1, 0.15) is 5.82 Å². The van der Waals surface area contributed by atoms with Crippen molar-refractivity contribution in [2.24, 2.45) is 5.92 Å². The molecule has 1 heterocycles. The van der Waals surface area contributed by atoms with Gasteiger partial charge in [-0.25, -0.2) is 4.39 Å². The van der Waals surface area contributed by atoms with Crippen molar-refractivity contribution < 1.29 is 9.13 Å². The molecule has 110 valence electrons. The van der Waals surface area contributed by atoms with Gasteiger partial charge in [-0.05, 0) is 36.5 Å². The minimum absolute atomic E-state index is 0.155. The second kappa shape index (κ2) is 6.66. The third-order valence-corrected chi connectivity index (χ3v) is 4.16. The van der Waals surface area contributed by atoms with Gasteiger partial charge in [-0.2, -0.15) is 0 Å². The van der Waals surface area contributed by atoms with E-state index >= 15 is 0 Å². The molecular weight excluding hydrogens is 255 g/mol. The molecule has 1 aliphatic carbocycles. The fourth-order valence-corrected chi connectivity index (χ4v) is 2.77. The molecule has 3 nitrogen and oxygen atoms in total. The van der Waals surface area contributed by atoms with E-state index in [-0.39, 0.29) is 11.9 Å². The van der Waals surface area contributed by atoms with Crippen LogP contribution in [0.25, 0.3) is 0 Å². The second-order valence-corrected chi connectivity index (χ2v) is 5.83. The van der Waals surface area contributed by atoms with Gasteiger partial charge < -0.3 is 10.1 Å². The van der Waals surface area contributed by atoms with Gasteiger partial charge in [-0.15, -0.1) is 0 Å². The zero-order chi connectivity index (χ0) is 13.8. The lowest BCUT2D eigenvalue weighted by atomic mass is 10.0. The van der Waals surface area contributed by atoms with Crippen molar-refractivity contribution in [2.75, 3.05) is 39.4 Å². The molecule has 2 fully saturated rings. The van der Waals surface area contributed by atoms with Gasteiger partial charge in [-0.3, -0.25) is 4.90 Å². The van der Waals surface area contributed by atoms with Gasteiger partial charge in [0, 0.05) is 38.8 Å². The molecule has 1 saturated heterocycles. The van der Waals surface area contributed by atoms with Crippen molar-refractivity contribution in [3.63, 3.8) is 0 Å². The number of nitrogens with one attached hydrogen (secondary N) is 1. The van der Waals surface area contributed by atoms with Crippen LogP contribution in [0.2, 0.25) is 0 Å². The van der Waals surface area contributed by atoms with Gasteiger partial charge in [0.2, 0.25) is 0 Å². The molecule has 1 atom stereocenters. The van der Waals surface area contributed by atoms with Crippen molar-refractivity contribution in [3.8, 4) is 0 Å². The number of hydrogen-bond acceptors (Lipinski definition) is 3. The molecule has 1 aromatic carbocycles. The zero-order valence-electron chi connectivity index (χ0n) is 11.9. The Balaban J connectivity index is 1.55. The summed E-state index contributed by atoms with van der Waals surface area (Å²) in [5, 5.41) is 3.40. The lowest BCUT2D eigenvalue weighted by Gasteiger charge is -2.36. The molecule has 1 N–H and O–H groups in total.